The Morgan fingerprint density at radius 1 is 0.840 bits per heavy atom. The zero-order chi connectivity index (χ0) is 17.4. The van der Waals surface area contributed by atoms with Crippen molar-refractivity contribution in [3.05, 3.63) is 54.4 Å². The Labute approximate surface area is 142 Å². The van der Waals surface area contributed by atoms with Gasteiger partial charge in [0.25, 0.3) is 0 Å². The van der Waals surface area contributed by atoms with E-state index in [2.05, 4.69) is 19.9 Å². The van der Waals surface area contributed by atoms with Crippen molar-refractivity contribution >= 4 is 17.2 Å². The number of piperazine rings is 1. The van der Waals surface area contributed by atoms with Crippen LogP contribution in [-0.2, 0) is 6.18 Å². The first-order chi connectivity index (χ1) is 12.0. The fourth-order valence-electron chi connectivity index (χ4n) is 3.03. The molecule has 0 unspecified atom stereocenters. The molecule has 3 aromatic rings. The first-order valence-corrected chi connectivity index (χ1v) is 7.98. The molecule has 25 heavy (non-hydrogen) atoms. The number of alkyl halides is 3. The van der Waals surface area contributed by atoms with Crippen LogP contribution in [0.3, 0.4) is 0 Å². The molecular weight excluding hydrogens is 331 g/mol. The lowest BCUT2D eigenvalue weighted by Crippen LogP contribution is -2.46. The summed E-state index contributed by atoms with van der Waals surface area (Å²) in [7, 11) is 0. The van der Waals surface area contributed by atoms with Crippen molar-refractivity contribution in [1.82, 2.24) is 14.6 Å². The first kappa shape index (κ1) is 15.7. The lowest BCUT2D eigenvalue weighted by molar-refractivity contribution is -0.137. The van der Waals surface area contributed by atoms with Gasteiger partial charge in [-0.05, 0) is 30.3 Å². The highest BCUT2D eigenvalue weighted by Crippen LogP contribution is 2.30. The van der Waals surface area contributed by atoms with Crippen molar-refractivity contribution in [1.29, 1.82) is 0 Å². The summed E-state index contributed by atoms with van der Waals surface area (Å²) in [6, 6.07) is 9.12. The van der Waals surface area contributed by atoms with E-state index in [-0.39, 0.29) is 0 Å². The third-order valence-electron chi connectivity index (χ3n) is 4.41. The lowest BCUT2D eigenvalue weighted by Gasteiger charge is -2.36. The van der Waals surface area contributed by atoms with Crippen LogP contribution in [0.1, 0.15) is 5.56 Å². The van der Waals surface area contributed by atoms with Gasteiger partial charge >= 0.3 is 6.18 Å². The second kappa shape index (κ2) is 5.94. The van der Waals surface area contributed by atoms with E-state index < -0.39 is 11.7 Å². The number of aromatic nitrogens is 3. The van der Waals surface area contributed by atoms with Gasteiger partial charge in [-0.25, -0.2) is 9.50 Å². The second-order valence-electron chi connectivity index (χ2n) is 5.94. The van der Waals surface area contributed by atoms with Crippen molar-refractivity contribution < 1.29 is 13.2 Å². The highest BCUT2D eigenvalue weighted by Gasteiger charge is 2.30. The summed E-state index contributed by atoms with van der Waals surface area (Å²) >= 11 is 0. The number of benzene rings is 1. The molecular formula is C17H16F3N5. The predicted molar refractivity (Wildman–Crippen MR) is 88.9 cm³/mol. The number of anilines is 2. The Balaban J connectivity index is 1.44. The summed E-state index contributed by atoms with van der Waals surface area (Å²) in [6.45, 7) is 2.99. The average Bonchev–Trinajstić information content (AvgIpc) is 3.09. The Morgan fingerprint density at radius 3 is 2.20 bits per heavy atom. The molecule has 0 aliphatic carbocycles. The fourth-order valence-corrected chi connectivity index (χ4v) is 3.03. The van der Waals surface area contributed by atoms with E-state index in [1.807, 2.05) is 18.3 Å². The molecule has 1 fully saturated rings. The van der Waals surface area contributed by atoms with E-state index in [0.717, 1.165) is 55.5 Å². The van der Waals surface area contributed by atoms with Crippen LogP contribution in [-0.4, -0.2) is 40.8 Å². The van der Waals surface area contributed by atoms with Crippen molar-refractivity contribution in [3.63, 3.8) is 0 Å². The van der Waals surface area contributed by atoms with Crippen LogP contribution in [0.4, 0.5) is 24.7 Å². The van der Waals surface area contributed by atoms with Gasteiger partial charge in [-0.3, -0.25) is 0 Å². The molecule has 0 bridgehead atoms. The number of hydrogen-bond donors (Lipinski definition) is 0. The average molecular weight is 347 g/mol. The van der Waals surface area contributed by atoms with Gasteiger partial charge in [0.15, 0.2) is 5.65 Å². The Morgan fingerprint density at radius 2 is 1.52 bits per heavy atom. The molecule has 0 atom stereocenters. The second-order valence-corrected chi connectivity index (χ2v) is 5.94. The summed E-state index contributed by atoms with van der Waals surface area (Å²) in [4.78, 5) is 8.84. The smallest absolute Gasteiger partial charge is 0.368 e. The quantitative estimate of drug-likeness (QED) is 0.714. The molecule has 0 spiro atoms. The number of hydrogen-bond acceptors (Lipinski definition) is 4. The van der Waals surface area contributed by atoms with Crippen LogP contribution in [0.5, 0.6) is 0 Å². The SMILES string of the molecule is FC(F)(F)c1ccc(N2CCN(c3ccn4nccc4n3)CC2)cc1. The summed E-state index contributed by atoms with van der Waals surface area (Å²) in [5, 5.41) is 4.13. The summed E-state index contributed by atoms with van der Waals surface area (Å²) in [5.74, 6) is 0.889. The molecule has 0 N–H and O–H groups in total. The third kappa shape index (κ3) is 3.11. The van der Waals surface area contributed by atoms with Crippen LogP contribution in [0.2, 0.25) is 0 Å². The molecule has 0 saturated carbocycles. The van der Waals surface area contributed by atoms with Crippen LogP contribution in [0, 0.1) is 0 Å². The van der Waals surface area contributed by atoms with Crippen LogP contribution in [0.15, 0.2) is 48.8 Å². The molecule has 0 radical (unpaired) electrons. The van der Waals surface area contributed by atoms with Crippen LogP contribution < -0.4 is 9.80 Å². The maximum atomic E-state index is 12.7. The van der Waals surface area contributed by atoms with Gasteiger partial charge in [0.2, 0.25) is 0 Å². The Bertz CT molecular complexity index is 864. The molecule has 1 aliphatic heterocycles. The van der Waals surface area contributed by atoms with Crippen LogP contribution in [0.25, 0.3) is 5.65 Å². The molecule has 3 heterocycles. The van der Waals surface area contributed by atoms with Gasteiger partial charge in [0.1, 0.15) is 5.82 Å². The van der Waals surface area contributed by atoms with E-state index in [9.17, 15) is 13.2 Å². The molecule has 2 aromatic heterocycles. The van der Waals surface area contributed by atoms with E-state index in [1.165, 1.54) is 12.1 Å². The van der Waals surface area contributed by atoms with Crippen molar-refractivity contribution in [2.45, 2.75) is 6.18 Å². The summed E-state index contributed by atoms with van der Waals surface area (Å²) in [5.41, 5.74) is 0.989. The molecule has 8 heteroatoms. The molecule has 1 aromatic carbocycles. The lowest BCUT2D eigenvalue weighted by atomic mass is 10.1. The minimum absolute atomic E-state index is 0.617. The monoisotopic (exact) mass is 347 g/mol. The highest BCUT2D eigenvalue weighted by atomic mass is 19.4. The van der Waals surface area contributed by atoms with E-state index >= 15 is 0 Å². The molecule has 0 amide bonds. The Kier molecular flexibility index (Phi) is 3.74. The topological polar surface area (TPSA) is 36.7 Å². The zero-order valence-corrected chi connectivity index (χ0v) is 13.3. The molecule has 1 saturated heterocycles. The predicted octanol–water partition coefficient (Wildman–Crippen LogP) is 3.07. The van der Waals surface area contributed by atoms with Gasteiger partial charge in [-0.2, -0.15) is 18.3 Å². The maximum Gasteiger partial charge on any atom is 0.416 e. The van der Waals surface area contributed by atoms with Gasteiger partial charge < -0.3 is 9.80 Å². The number of halogens is 3. The van der Waals surface area contributed by atoms with Crippen molar-refractivity contribution in [3.8, 4) is 0 Å². The van der Waals surface area contributed by atoms with E-state index in [0.29, 0.717) is 0 Å². The van der Waals surface area contributed by atoms with Gasteiger partial charge in [0.05, 0.1) is 11.8 Å². The summed E-state index contributed by atoms with van der Waals surface area (Å²) < 4.78 is 39.7. The number of rotatable bonds is 2. The number of nitrogens with zero attached hydrogens (tertiary/aromatic N) is 5. The van der Waals surface area contributed by atoms with Crippen molar-refractivity contribution in [2.24, 2.45) is 0 Å². The molecule has 1 aliphatic rings. The molecule has 130 valence electrons. The third-order valence-corrected chi connectivity index (χ3v) is 4.41. The minimum Gasteiger partial charge on any atom is -0.368 e. The minimum atomic E-state index is -4.30. The van der Waals surface area contributed by atoms with Gasteiger partial charge in [-0.1, -0.05) is 0 Å². The zero-order valence-electron chi connectivity index (χ0n) is 13.3. The van der Waals surface area contributed by atoms with Crippen molar-refractivity contribution in [2.75, 3.05) is 36.0 Å². The summed E-state index contributed by atoms with van der Waals surface area (Å²) in [6.07, 6.45) is -0.718. The van der Waals surface area contributed by atoms with Crippen LogP contribution >= 0.6 is 0 Å². The maximum absolute atomic E-state index is 12.7. The van der Waals surface area contributed by atoms with Gasteiger partial charge in [0, 0.05) is 44.1 Å². The Hall–Kier alpha value is -2.77. The fraction of sp³-hybridized carbons (Fsp3) is 0.294. The molecule has 4 rings (SSSR count). The number of fused-ring (bicyclic) bond motifs is 1. The standard InChI is InChI=1S/C17H16F3N5/c18-17(19,20)13-1-3-14(4-2-13)23-9-11-24(12-10-23)15-6-8-25-16(22-15)5-7-21-25/h1-8H,9-12H2. The molecule has 5 nitrogen and oxygen atoms in total. The van der Waals surface area contributed by atoms with E-state index in [1.54, 1.807) is 10.7 Å². The van der Waals surface area contributed by atoms with E-state index in [4.69, 9.17) is 0 Å². The normalized spacial score (nSPS) is 15.8. The first-order valence-electron chi connectivity index (χ1n) is 7.98. The highest BCUT2D eigenvalue weighted by molar-refractivity contribution is 5.52. The largest absolute Gasteiger partial charge is 0.416 e. The van der Waals surface area contributed by atoms with Gasteiger partial charge in [-0.15, -0.1) is 0 Å².